The van der Waals surface area contributed by atoms with Crippen molar-refractivity contribution in [1.82, 2.24) is 24.6 Å². The molecule has 0 bridgehead atoms. The van der Waals surface area contributed by atoms with Crippen LogP contribution in [0.5, 0.6) is 0 Å². The van der Waals surface area contributed by atoms with Gasteiger partial charge in [0, 0.05) is 37.7 Å². The molecule has 1 aromatic carbocycles. The van der Waals surface area contributed by atoms with Gasteiger partial charge in [0.2, 0.25) is 0 Å². The number of aromatic nitrogens is 4. The summed E-state index contributed by atoms with van der Waals surface area (Å²) in [7, 11) is 1.74. The lowest BCUT2D eigenvalue weighted by molar-refractivity contribution is 0.0942. The van der Waals surface area contributed by atoms with E-state index in [0.29, 0.717) is 24.7 Å². The van der Waals surface area contributed by atoms with Gasteiger partial charge in [0.05, 0.1) is 17.7 Å². The van der Waals surface area contributed by atoms with Gasteiger partial charge in [0.15, 0.2) is 0 Å². The second-order valence-electron chi connectivity index (χ2n) is 6.78. The molecule has 1 aliphatic rings. The molecule has 1 aliphatic carbocycles. The molecule has 0 radical (unpaired) electrons. The van der Waals surface area contributed by atoms with Crippen LogP contribution in [0.25, 0.3) is 11.3 Å². The Morgan fingerprint density at radius 3 is 2.70 bits per heavy atom. The van der Waals surface area contributed by atoms with Gasteiger partial charge in [-0.3, -0.25) is 18.8 Å². The zero-order valence-electron chi connectivity index (χ0n) is 15.1. The quantitative estimate of drug-likeness (QED) is 0.726. The smallest absolute Gasteiger partial charge is 0.269 e. The van der Waals surface area contributed by atoms with Gasteiger partial charge in [-0.15, -0.1) is 0 Å². The highest BCUT2D eigenvalue weighted by atomic mass is 16.2. The minimum Gasteiger partial charge on any atom is -0.349 e. The van der Waals surface area contributed by atoms with E-state index in [0.717, 1.165) is 29.8 Å². The third-order valence-corrected chi connectivity index (χ3v) is 4.72. The molecule has 27 heavy (non-hydrogen) atoms. The van der Waals surface area contributed by atoms with Gasteiger partial charge in [-0.2, -0.15) is 5.10 Å². The van der Waals surface area contributed by atoms with Crippen molar-refractivity contribution in [1.29, 1.82) is 0 Å². The van der Waals surface area contributed by atoms with Crippen molar-refractivity contribution in [2.45, 2.75) is 25.3 Å². The maximum absolute atomic E-state index is 12.5. The topological polar surface area (TPSA) is 81.8 Å². The molecule has 7 heteroatoms. The summed E-state index contributed by atoms with van der Waals surface area (Å²) < 4.78 is 3.08. The average Bonchev–Trinajstić information content (AvgIpc) is 3.45. The van der Waals surface area contributed by atoms with Crippen molar-refractivity contribution in [2.75, 3.05) is 6.54 Å². The predicted molar refractivity (Wildman–Crippen MR) is 101 cm³/mol. The lowest BCUT2D eigenvalue weighted by atomic mass is 10.1. The van der Waals surface area contributed by atoms with E-state index in [1.165, 1.54) is 4.57 Å². The Kier molecular flexibility index (Phi) is 4.58. The number of benzene rings is 1. The Hall–Kier alpha value is -3.22. The molecule has 0 unspecified atom stereocenters. The third kappa shape index (κ3) is 3.81. The van der Waals surface area contributed by atoms with Crippen molar-refractivity contribution in [3.8, 4) is 11.3 Å². The highest BCUT2D eigenvalue weighted by Crippen LogP contribution is 2.38. The second kappa shape index (κ2) is 7.19. The predicted octanol–water partition coefficient (Wildman–Crippen LogP) is 1.95. The number of nitrogens with zero attached hydrogens (tertiary/aromatic N) is 4. The zero-order chi connectivity index (χ0) is 18.8. The molecular weight excluding hydrogens is 342 g/mol. The molecule has 0 atom stereocenters. The standard InChI is InChI=1S/C20H21N5O2/c1-24-18(11-17(23-24)14-5-3-2-4-6-14)20(27)21-9-10-25-13-22-16(12-19(25)26)15-7-8-15/h2-6,11-13,15H,7-10H2,1H3,(H,21,27). The minimum absolute atomic E-state index is 0.0759. The number of aryl methyl sites for hydroxylation is 1. The van der Waals surface area contributed by atoms with Crippen LogP contribution in [0.2, 0.25) is 0 Å². The molecule has 3 aromatic rings. The zero-order valence-corrected chi connectivity index (χ0v) is 15.1. The van der Waals surface area contributed by atoms with Gasteiger partial charge >= 0.3 is 0 Å². The molecule has 0 spiro atoms. The van der Waals surface area contributed by atoms with E-state index in [2.05, 4.69) is 15.4 Å². The van der Waals surface area contributed by atoms with Crippen LogP contribution >= 0.6 is 0 Å². The summed E-state index contributed by atoms with van der Waals surface area (Å²) in [5, 5.41) is 7.25. The summed E-state index contributed by atoms with van der Waals surface area (Å²) in [6, 6.07) is 13.1. The van der Waals surface area contributed by atoms with E-state index < -0.39 is 0 Å². The SMILES string of the molecule is Cn1nc(-c2ccccc2)cc1C(=O)NCCn1cnc(C2CC2)cc1=O. The van der Waals surface area contributed by atoms with Gasteiger partial charge < -0.3 is 5.32 Å². The Balaban J connectivity index is 1.38. The number of amides is 1. The molecule has 0 saturated heterocycles. The number of hydrogen-bond acceptors (Lipinski definition) is 4. The van der Waals surface area contributed by atoms with Gasteiger partial charge in [-0.25, -0.2) is 4.98 Å². The Bertz CT molecular complexity index is 1020. The Labute approximate surface area is 156 Å². The fourth-order valence-electron chi connectivity index (χ4n) is 3.02. The molecule has 2 aromatic heterocycles. The summed E-state index contributed by atoms with van der Waals surface area (Å²) in [5.41, 5.74) is 2.99. The monoisotopic (exact) mass is 363 g/mol. The molecule has 2 heterocycles. The van der Waals surface area contributed by atoms with Crippen LogP contribution < -0.4 is 10.9 Å². The van der Waals surface area contributed by atoms with Crippen molar-refractivity contribution >= 4 is 5.91 Å². The van der Waals surface area contributed by atoms with Crippen LogP contribution in [0.15, 0.2) is 53.6 Å². The first kappa shape index (κ1) is 17.2. The second-order valence-corrected chi connectivity index (χ2v) is 6.78. The molecule has 0 aliphatic heterocycles. The van der Waals surface area contributed by atoms with Crippen LogP contribution in [0.4, 0.5) is 0 Å². The van der Waals surface area contributed by atoms with Gasteiger partial charge in [0.25, 0.3) is 11.5 Å². The van der Waals surface area contributed by atoms with Gasteiger partial charge in [0.1, 0.15) is 5.69 Å². The van der Waals surface area contributed by atoms with E-state index in [4.69, 9.17) is 0 Å². The van der Waals surface area contributed by atoms with E-state index in [-0.39, 0.29) is 11.5 Å². The van der Waals surface area contributed by atoms with Gasteiger partial charge in [-0.05, 0) is 18.9 Å². The summed E-state index contributed by atoms with van der Waals surface area (Å²) in [5.74, 6) is 0.235. The molecule has 1 fully saturated rings. The molecule has 1 N–H and O–H groups in total. The fraction of sp³-hybridized carbons (Fsp3) is 0.300. The van der Waals surface area contributed by atoms with Gasteiger partial charge in [-0.1, -0.05) is 30.3 Å². The van der Waals surface area contributed by atoms with E-state index in [1.54, 1.807) is 30.2 Å². The van der Waals surface area contributed by atoms with Crippen molar-refractivity contribution in [3.05, 3.63) is 70.5 Å². The lowest BCUT2D eigenvalue weighted by Gasteiger charge is -2.08. The van der Waals surface area contributed by atoms with E-state index in [1.807, 2.05) is 30.3 Å². The first-order valence-corrected chi connectivity index (χ1v) is 9.06. The van der Waals surface area contributed by atoms with E-state index >= 15 is 0 Å². The van der Waals surface area contributed by atoms with Crippen LogP contribution in [0.1, 0.15) is 34.9 Å². The maximum atomic E-state index is 12.5. The number of hydrogen-bond donors (Lipinski definition) is 1. The summed E-state index contributed by atoms with van der Waals surface area (Å²) in [6.07, 6.45) is 3.80. The highest BCUT2D eigenvalue weighted by Gasteiger charge is 2.25. The van der Waals surface area contributed by atoms with Crippen molar-refractivity contribution in [3.63, 3.8) is 0 Å². The van der Waals surface area contributed by atoms with Crippen LogP contribution in [-0.4, -0.2) is 31.8 Å². The fourth-order valence-corrected chi connectivity index (χ4v) is 3.02. The molecule has 1 saturated carbocycles. The largest absolute Gasteiger partial charge is 0.349 e. The average molecular weight is 363 g/mol. The number of rotatable bonds is 6. The first-order valence-electron chi connectivity index (χ1n) is 9.06. The van der Waals surface area contributed by atoms with E-state index in [9.17, 15) is 9.59 Å². The number of nitrogens with one attached hydrogen (secondary N) is 1. The third-order valence-electron chi connectivity index (χ3n) is 4.72. The first-order chi connectivity index (χ1) is 13.1. The van der Waals surface area contributed by atoms with Crippen molar-refractivity contribution in [2.24, 2.45) is 7.05 Å². The molecule has 1 amide bonds. The van der Waals surface area contributed by atoms with Crippen LogP contribution in [-0.2, 0) is 13.6 Å². The van der Waals surface area contributed by atoms with Crippen LogP contribution in [0, 0.1) is 0 Å². The van der Waals surface area contributed by atoms with Crippen LogP contribution in [0.3, 0.4) is 0 Å². The minimum atomic E-state index is -0.220. The molecular formula is C20H21N5O2. The maximum Gasteiger partial charge on any atom is 0.269 e. The molecule has 4 rings (SSSR count). The number of carbonyl (C=O) groups excluding carboxylic acids is 1. The number of carbonyl (C=O) groups is 1. The molecule has 7 nitrogen and oxygen atoms in total. The summed E-state index contributed by atoms with van der Waals surface area (Å²) in [6.45, 7) is 0.723. The summed E-state index contributed by atoms with van der Waals surface area (Å²) in [4.78, 5) is 28.9. The molecule has 138 valence electrons. The Morgan fingerprint density at radius 1 is 1.22 bits per heavy atom. The summed E-state index contributed by atoms with van der Waals surface area (Å²) >= 11 is 0. The normalized spacial score (nSPS) is 13.5. The Morgan fingerprint density at radius 2 is 2.00 bits per heavy atom. The van der Waals surface area contributed by atoms with Crippen molar-refractivity contribution < 1.29 is 4.79 Å². The highest BCUT2D eigenvalue weighted by molar-refractivity contribution is 5.93. The lowest BCUT2D eigenvalue weighted by Crippen LogP contribution is -2.32.